The third kappa shape index (κ3) is 5.98. The van der Waals surface area contributed by atoms with Crippen LogP contribution in [-0.2, 0) is 14.3 Å². The van der Waals surface area contributed by atoms with Gasteiger partial charge in [-0.15, -0.1) is 6.58 Å². The highest BCUT2D eigenvalue weighted by molar-refractivity contribution is 6.00. The van der Waals surface area contributed by atoms with E-state index in [1.54, 1.807) is 32.9 Å². The fourth-order valence-corrected chi connectivity index (χ4v) is 2.60. The Kier molecular flexibility index (Phi) is 6.88. The average Bonchev–Trinajstić information content (AvgIpc) is 2.48. The Labute approximate surface area is 150 Å². The van der Waals surface area contributed by atoms with Crippen molar-refractivity contribution in [3.05, 3.63) is 54.1 Å². The molecule has 0 spiro atoms. The number of ether oxygens (including phenoxy) is 1. The van der Waals surface area contributed by atoms with Crippen LogP contribution >= 0.6 is 0 Å². The zero-order valence-electron chi connectivity index (χ0n) is 15.7. The molecule has 1 aromatic rings. The highest BCUT2D eigenvalue weighted by Gasteiger charge is 2.43. The third-order valence-electron chi connectivity index (χ3n) is 3.81. The van der Waals surface area contributed by atoms with E-state index in [2.05, 4.69) is 6.58 Å². The highest BCUT2D eigenvalue weighted by Crippen LogP contribution is 2.33. The molecule has 0 aliphatic carbocycles. The third-order valence-corrected chi connectivity index (χ3v) is 3.81. The van der Waals surface area contributed by atoms with Crippen molar-refractivity contribution in [3.8, 4) is 0 Å². The minimum atomic E-state index is -1.68. The van der Waals surface area contributed by atoms with E-state index in [4.69, 9.17) is 4.74 Å². The highest BCUT2D eigenvalue weighted by atomic mass is 16.6. The molecule has 1 aromatic carbocycles. The first-order valence-corrected chi connectivity index (χ1v) is 8.33. The molecule has 2 atom stereocenters. The predicted octanol–water partition coefficient (Wildman–Crippen LogP) is 3.94. The van der Waals surface area contributed by atoms with Crippen LogP contribution in [0.5, 0.6) is 0 Å². The maximum absolute atomic E-state index is 12.6. The van der Waals surface area contributed by atoms with Crippen LogP contribution in [-0.4, -0.2) is 28.1 Å². The number of carbonyl (C=O) groups is 2. The number of aliphatic hydroxyl groups is 1. The molecular formula is C21H28O4. The van der Waals surface area contributed by atoms with E-state index in [9.17, 15) is 14.7 Å². The lowest BCUT2D eigenvalue weighted by molar-refractivity contribution is -0.167. The molecule has 0 aromatic heterocycles. The van der Waals surface area contributed by atoms with Gasteiger partial charge in [-0.1, -0.05) is 36.4 Å². The van der Waals surface area contributed by atoms with Crippen molar-refractivity contribution in [2.75, 3.05) is 0 Å². The molecular weight excluding hydrogens is 316 g/mol. The van der Waals surface area contributed by atoms with Crippen molar-refractivity contribution < 1.29 is 19.4 Å². The second-order valence-electron chi connectivity index (χ2n) is 7.28. The molecule has 0 saturated heterocycles. The number of esters is 1. The Morgan fingerprint density at radius 1 is 1.20 bits per heavy atom. The molecule has 4 heteroatoms. The summed E-state index contributed by atoms with van der Waals surface area (Å²) in [6, 6.07) is 9.20. The molecule has 0 radical (unpaired) electrons. The van der Waals surface area contributed by atoms with Crippen molar-refractivity contribution in [1.29, 1.82) is 0 Å². The maximum atomic E-state index is 12.6. The van der Waals surface area contributed by atoms with Gasteiger partial charge in [0, 0.05) is 5.57 Å². The Bertz CT molecular complexity index is 648. The standard InChI is InChI=1S/C21H28O4/c1-7-11-17(19(23)25-20(3,4)5)21(6,24)18(15(2)22)14-16-12-9-8-10-13-16/h7-10,12-14,17,24H,1,11H2,2-6H3/b18-14+. The van der Waals surface area contributed by atoms with Crippen LogP contribution in [0.25, 0.3) is 6.08 Å². The summed E-state index contributed by atoms with van der Waals surface area (Å²) >= 11 is 0. The van der Waals surface area contributed by atoms with Crippen LogP contribution in [0.2, 0.25) is 0 Å². The van der Waals surface area contributed by atoms with E-state index in [0.717, 1.165) is 5.56 Å². The summed E-state index contributed by atoms with van der Waals surface area (Å²) in [4.78, 5) is 24.8. The second kappa shape index (κ2) is 8.26. The molecule has 1 rings (SSSR count). The van der Waals surface area contributed by atoms with Crippen molar-refractivity contribution in [3.63, 3.8) is 0 Å². The van der Waals surface area contributed by atoms with Gasteiger partial charge in [-0.2, -0.15) is 0 Å². The smallest absolute Gasteiger partial charge is 0.313 e. The number of Topliss-reactive ketones (excluding diaryl/α,β-unsaturated/α-hetero) is 1. The lowest BCUT2D eigenvalue weighted by Crippen LogP contribution is -2.45. The van der Waals surface area contributed by atoms with Crippen LogP contribution in [0, 0.1) is 5.92 Å². The van der Waals surface area contributed by atoms with E-state index in [-0.39, 0.29) is 17.8 Å². The van der Waals surface area contributed by atoms with Crippen molar-refractivity contribution in [1.82, 2.24) is 0 Å². The summed E-state index contributed by atoms with van der Waals surface area (Å²) in [5.74, 6) is -1.79. The van der Waals surface area contributed by atoms with E-state index < -0.39 is 23.1 Å². The van der Waals surface area contributed by atoms with Gasteiger partial charge in [0.2, 0.25) is 0 Å². The van der Waals surface area contributed by atoms with Gasteiger partial charge < -0.3 is 9.84 Å². The minimum Gasteiger partial charge on any atom is -0.460 e. The summed E-state index contributed by atoms with van der Waals surface area (Å²) in [6.07, 6.45) is 3.35. The number of benzene rings is 1. The molecule has 25 heavy (non-hydrogen) atoms. The van der Waals surface area contributed by atoms with Gasteiger partial charge >= 0.3 is 5.97 Å². The molecule has 0 aliphatic rings. The van der Waals surface area contributed by atoms with Gasteiger partial charge in [-0.05, 0) is 52.7 Å². The fourth-order valence-electron chi connectivity index (χ4n) is 2.60. The van der Waals surface area contributed by atoms with Crippen molar-refractivity contribution in [2.45, 2.75) is 52.2 Å². The van der Waals surface area contributed by atoms with E-state index in [1.165, 1.54) is 13.8 Å². The summed E-state index contributed by atoms with van der Waals surface area (Å²) in [6.45, 7) is 11.8. The molecule has 1 N–H and O–H groups in total. The molecule has 0 amide bonds. The van der Waals surface area contributed by atoms with Gasteiger partial charge in [0.05, 0.1) is 5.92 Å². The van der Waals surface area contributed by atoms with E-state index in [0.29, 0.717) is 0 Å². The van der Waals surface area contributed by atoms with E-state index >= 15 is 0 Å². The van der Waals surface area contributed by atoms with Crippen LogP contribution in [0.1, 0.15) is 46.6 Å². The van der Waals surface area contributed by atoms with Gasteiger partial charge in [-0.3, -0.25) is 9.59 Å². The molecule has 0 saturated carbocycles. The summed E-state index contributed by atoms with van der Waals surface area (Å²) in [5, 5.41) is 11.1. The molecule has 0 bridgehead atoms. The molecule has 2 unspecified atom stereocenters. The number of allylic oxidation sites excluding steroid dienone is 1. The normalized spacial score (nSPS) is 15.8. The first-order chi connectivity index (χ1) is 11.5. The maximum Gasteiger partial charge on any atom is 0.313 e. The molecule has 136 valence electrons. The van der Waals surface area contributed by atoms with Crippen LogP contribution < -0.4 is 0 Å². The summed E-state index contributed by atoms with van der Waals surface area (Å²) < 4.78 is 5.43. The molecule has 4 nitrogen and oxygen atoms in total. The fraction of sp³-hybridized carbons (Fsp3) is 0.429. The minimum absolute atomic E-state index is 0.163. The zero-order chi connectivity index (χ0) is 19.3. The zero-order valence-corrected chi connectivity index (χ0v) is 15.7. The van der Waals surface area contributed by atoms with Gasteiger partial charge in [-0.25, -0.2) is 0 Å². The SMILES string of the molecule is C=CCC(C(=O)OC(C)(C)C)C(C)(O)/C(=C/c1ccccc1)C(C)=O. The first-order valence-electron chi connectivity index (χ1n) is 8.33. The lowest BCUT2D eigenvalue weighted by Gasteiger charge is -2.34. The summed E-state index contributed by atoms with van der Waals surface area (Å²) in [5.41, 5.74) is -1.43. The van der Waals surface area contributed by atoms with Crippen LogP contribution in [0.4, 0.5) is 0 Å². The quantitative estimate of drug-likeness (QED) is 0.462. The largest absolute Gasteiger partial charge is 0.460 e. The number of hydrogen-bond acceptors (Lipinski definition) is 4. The van der Waals surface area contributed by atoms with E-state index in [1.807, 2.05) is 30.3 Å². The molecule has 0 heterocycles. The topological polar surface area (TPSA) is 63.6 Å². The molecule has 0 fully saturated rings. The van der Waals surface area contributed by atoms with Gasteiger partial charge in [0.1, 0.15) is 11.2 Å². The second-order valence-corrected chi connectivity index (χ2v) is 7.28. The summed E-state index contributed by atoms with van der Waals surface area (Å²) in [7, 11) is 0. The Balaban J connectivity index is 3.33. The number of ketones is 1. The van der Waals surface area contributed by atoms with Gasteiger partial charge in [0.15, 0.2) is 5.78 Å². The van der Waals surface area contributed by atoms with Crippen LogP contribution in [0.3, 0.4) is 0 Å². The van der Waals surface area contributed by atoms with Crippen LogP contribution in [0.15, 0.2) is 48.6 Å². The molecule has 0 aliphatic heterocycles. The Hall–Kier alpha value is -2.20. The number of carbonyl (C=O) groups excluding carboxylic acids is 2. The van der Waals surface area contributed by atoms with Crippen molar-refractivity contribution >= 4 is 17.8 Å². The average molecular weight is 344 g/mol. The Morgan fingerprint density at radius 3 is 2.20 bits per heavy atom. The number of rotatable bonds is 7. The first kappa shape index (κ1) is 20.8. The monoisotopic (exact) mass is 344 g/mol. The van der Waals surface area contributed by atoms with Gasteiger partial charge in [0.25, 0.3) is 0 Å². The predicted molar refractivity (Wildman–Crippen MR) is 99.9 cm³/mol. The van der Waals surface area contributed by atoms with Crippen molar-refractivity contribution in [2.24, 2.45) is 5.92 Å². The number of hydrogen-bond donors (Lipinski definition) is 1. The lowest BCUT2D eigenvalue weighted by atomic mass is 9.78. The Morgan fingerprint density at radius 2 is 1.76 bits per heavy atom.